The summed E-state index contributed by atoms with van der Waals surface area (Å²) in [7, 11) is 0. The van der Waals surface area contributed by atoms with E-state index >= 15 is 0 Å². The molecule has 38 heavy (non-hydrogen) atoms. The van der Waals surface area contributed by atoms with Crippen LogP contribution in [0, 0.1) is 0 Å². The minimum atomic E-state index is 0.822. The van der Waals surface area contributed by atoms with Crippen molar-refractivity contribution in [3.8, 4) is 27.3 Å². The van der Waals surface area contributed by atoms with Crippen LogP contribution in [0.5, 0.6) is 5.75 Å². The second-order valence-corrected chi connectivity index (χ2v) is 12.9. The van der Waals surface area contributed by atoms with E-state index in [0.29, 0.717) is 0 Å². The fourth-order valence-electron chi connectivity index (χ4n) is 5.05. The quantitative estimate of drug-likeness (QED) is 0.113. The van der Waals surface area contributed by atoms with Crippen LogP contribution in [-0.2, 0) is 6.42 Å². The molecule has 4 rings (SSSR count). The lowest BCUT2D eigenvalue weighted by Gasteiger charge is -2.08. The molecule has 204 valence electrons. The van der Waals surface area contributed by atoms with Crippen molar-refractivity contribution in [1.82, 2.24) is 0 Å². The third kappa shape index (κ3) is 8.99. The third-order valence-electron chi connectivity index (χ3n) is 7.41. The van der Waals surface area contributed by atoms with E-state index in [1.165, 1.54) is 119 Å². The topological polar surface area (TPSA) is 9.23 Å². The van der Waals surface area contributed by atoms with Gasteiger partial charge in [0.25, 0.3) is 0 Å². The Labute approximate surface area is 239 Å². The maximum absolute atomic E-state index is 6.00. The van der Waals surface area contributed by atoms with Gasteiger partial charge in [0.15, 0.2) is 0 Å². The summed E-state index contributed by atoms with van der Waals surface area (Å²) in [4.78, 5) is 2.91. The fraction of sp³-hybridized carbons (Fsp3) is 0.486. The molecule has 0 aliphatic heterocycles. The van der Waals surface area contributed by atoms with Gasteiger partial charge in [-0.25, -0.2) is 0 Å². The number of fused-ring (bicyclic) bond motifs is 1. The highest BCUT2D eigenvalue weighted by Crippen LogP contribution is 2.39. The molecule has 2 aromatic carbocycles. The first-order valence-corrected chi connectivity index (χ1v) is 16.8. The van der Waals surface area contributed by atoms with E-state index in [-0.39, 0.29) is 0 Å². The van der Waals surface area contributed by atoms with Crippen LogP contribution < -0.4 is 4.74 Å². The Morgan fingerprint density at radius 3 is 1.68 bits per heavy atom. The normalized spacial score (nSPS) is 11.4. The molecule has 0 fully saturated rings. The molecule has 0 radical (unpaired) electrons. The van der Waals surface area contributed by atoms with E-state index in [2.05, 4.69) is 74.5 Å². The maximum Gasteiger partial charge on any atom is 0.119 e. The number of aryl methyl sites for hydroxylation is 1. The lowest BCUT2D eigenvalue weighted by atomic mass is 10.0. The van der Waals surface area contributed by atoms with Crippen LogP contribution in [0.1, 0.15) is 102 Å². The third-order valence-corrected chi connectivity index (χ3v) is 9.81. The number of rotatable bonds is 18. The van der Waals surface area contributed by atoms with Crippen molar-refractivity contribution in [2.75, 3.05) is 6.61 Å². The Morgan fingerprint density at radius 1 is 0.526 bits per heavy atom. The summed E-state index contributed by atoms with van der Waals surface area (Å²) in [6.45, 7) is 5.38. The van der Waals surface area contributed by atoms with Gasteiger partial charge in [-0.2, -0.15) is 0 Å². The first-order valence-electron chi connectivity index (χ1n) is 15.1. The van der Waals surface area contributed by atoms with Crippen molar-refractivity contribution in [3.63, 3.8) is 0 Å². The van der Waals surface area contributed by atoms with Gasteiger partial charge in [-0.3, -0.25) is 0 Å². The van der Waals surface area contributed by atoms with Gasteiger partial charge in [-0.1, -0.05) is 121 Å². The number of unbranched alkanes of at least 4 members (excludes halogenated alkanes) is 11. The molecule has 1 nitrogen and oxygen atoms in total. The minimum Gasteiger partial charge on any atom is -0.494 e. The fourth-order valence-corrected chi connectivity index (χ4v) is 7.52. The first kappa shape index (κ1) is 28.9. The van der Waals surface area contributed by atoms with E-state index in [0.717, 1.165) is 18.8 Å². The lowest BCUT2D eigenvalue weighted by Crippen LogP contribution is -1.97. The molecule has 0 aliphatic rings. The summed E-state index contributed by atoms with van der Waals surface area (Å²) in [6.07, 6.45) is 18.7. The molecule has 0 saturated heterocycles. The Morgan fingerprint density at radius 2 is 1.05 bits per heavy atom. The average Bonchev–Trinajstić information content (AvgIpc) is 3.52. The summed E-state index contributed by atoms with van der Waals surface area (Å²) in [5, 5.41) is 0. The minimum absolute atomic E-state index is 0.822. The maximum atomic E-state index is 6.00. The molecule has 0 N–H and O–H groups in total. The largest absolute Gasteiger partial charge is 0.494 e. The number of hydrogen-bond acceptors (Lipinski definition) is 3. The van der Waals surface area contributed by atoms with Crippen molar-refractivity contribution in [1.29, 1.82) is 0 Å². The van der Waals surface area contributed by atoms with Crippen LogP contribution >= 0.6 is 22.7 Å². The standard InChI is InChI=1S/C35H46OS2/c1-3-5-7-8-9-10-11-12-13-15-25-36-31-23-21-29(22-24-31)28-17-19-30(20-18-28)33-27-35-34(38-33)26-32(37-35)16-14-6-4-2/h17-24,26-27H,3-16,25H2,1-2H3. The highest BCUT2D eigenvalue weighted by atomic mass is 32.1. The van der Waals surface area contributed by atoms with Gasteiger partial charge >= 0.3 is 0 Å². The number of ether oxygens (including phenoxy) is 1. The highest BCUT2D eigenvalue weighted by Gasteiger charge is 2.09. The first-order chi connectivity index (χ1) is 18.8. The van der Waals surface area contributed by atoms with Crippen molar-refractivity contribution in [2.24, 2.45) is 0 Å². The number of hydrogen-bond donors (Lipinski definition) is 0. The molecule has 0 atom stereocenters. The molecule has 0 bridgehead atoms. The molecular weight excluding hydrogens is 501 g/mol. The van der Waals surface area contributed by atoms with E-state index < -0.39 is 0 Å². The summed E-state index contributed by atoms with van der Waals surface area (Å²) >= 11 is 3.90. The predicted molar refractivity (Wildman–Crippen MR) is 171 cm³/mol. The van der Waals surface area contributed by atoms with Gasteiger partial charge in [-0.15, -0.1) is 22.7 Å². The second-order valence-electron chi connectivity index (χ2n) is 10.6. The van der Waals surface area contributed by atoms with Gasteiger partial charge in [-0.05, 0) is 60.2 Å². The van der Waals surface area contributed by atoms with Crippen molar-refractivity contribution < 1.29 is 4.74 Å². The van der Waals surface area contributed by atoms with E-state index in [1.807, 2.05) is 22.7 Å². The zero-order valence-corrected chi connectivity index (χ0v) is 25.2. The molecule has 4 aromatic rings. The molecule has 2 aromatic heterocycles. The Hall–Kier alpha value is -2.10. The van der Waals surface area contributed by atoms with Crippen LogP contribution in [0.4, 0.5) is 0 Å². The van der Waals surface area contributed by atoms with Gasteiger partial charge in [0, 0.05) is 19.2 Å². The van der Waals surface area contributed by atoms with Crippen molar-refractivity contribution in [3.05, 3.63) is 65.5 Å². The van der Waals surface area contributed by atoms with Crippen LogP contribution in [0.3, 0.4) is 0 Å². The molecule has 0 saturated carbocycles. The van der Waals surface area contributed by atoms with E-state index in [1.54, 1.807) is 0 Å². The van der Waals surface area contributed by atoms with Crippen LogP contribution in [0.15, 0.2) is 60.7 Å². The zero-order valence-electron chi connectivity index (χ0n) is 23.6. The number of thiophene rings is 2. The molecule has 0 aliphatic carbocycles. The van der Waals surface area contributed by atoms with E-state index in [9.17, 15) is 0 Å². The summed E-state index contributed by atoms with van der Waals surface area (Å²) in [6, 6.07) is 22.4. The summed E-state index contributed by atoms with van der Waals surface area (Å²) in [5.74, 6) is 0.981. The SMILES string of the molecule is CCCCCCCCCCCCOc1ccc(-c2ccc(-c3cc4sc(CCCCC)cc4s3)cc2)cc1. The predicted octanol–water partition coefficient (Wildman–Crippen LogP) is 12.3. The van der Waals surface area contributed by atoms with Crippen molar-refractivity contribution >= 4 is 32.1 Å². The van der Waals surface area contributed by atoms with Crippen LogP contribution in [-0.4, -0.2) is 6.61 Å². The molecule has 0 amide bonds. The zero-order chi connectivity index (χ0) is 26.4. The Bertz CT molecular complexity index is 1150. The highest BCUT2D eigenvalue weighted by molar-refractivity contribution is 7.29. The number of benzene rings is 2. The molecule has 2 heterocycles. The molecule has 0 unspecified atom stereocenters. The second kappa shape index (κ2) is 16.1. The molecule has 0 spiro atoms. The van der Waals surface area contributed by atoms with Gasteiger partial charge in [0.05, 0.1) is 6.61 Å². The monoisotopic (exact) mass is 546 g/mol. The van der Waals surface area contributed by atoms with Crippen LogP contribution in [0.2, 0.25) is 0 Å². The lowest BCUT2D eigenvalue weighted by molar-refractivity contribution is 0.304. The van der Waals surface area contributed by atoms with Crippen LogP contribution in [0.25, 0.3) is 31.0 Å². The van der Waals surface area contributed by atoms with Gasteiger partial charge < -0.3 is 4.74 Å². The van der Waals surface area contributed by atoms with Gasteiger partial charge in [0.2, 0.25) is 0 Å². The van der Waals surface area contributed by atoms with Gasteiger partial charge in [0.1, 0.15) is 5.75 Å². The van der Waals surface area contributed by atoms with Crippen molar-refractivity contribution in [2.45, 2.75) is 104 Å². The molecular formula is C35H46OS2. The molecule has 3 heteroatoms. The summed E-state index contributed by atoms with van der Waals surface area (Å²) < 4.78 is 8.88. The summed E-state index contributed by atoms with van der Waals surface area (Å²) in [5.41, 5.74) is 3.81. The Kier molecular flexibility index (Phi) is 12.2. The average molecular weight is 547 g/mol. The Balaban J connectivity index is 1.18. The van der Waals surface area contributed by atoms with E-state index in [4.69, 9.17) is 4.74 Å². The smallest absolute Gasteiger partial charge is 0.119 e.